The van der Waals surface area contributed by atoms with E-state index in [2.05, 4.69) is 25.0 Å². The second-order valence-corrected chi connectivity index (χ2v) is 2.89. The van der Waals surface area contributed by atoms with Gasteiger partial charge in [0.2, 0.25) is 0 Å². The lowest BCUT2D eigenvalue weighted by Gasteiger charge is -2.03. The first-order chi connectivity index (χ1) is 4.79. The number of hydrogen-bond acceptors (Lipinski definition) is 1. The van der Waals surface area contributed by atoms with E-state index in [0.29, 0.717) is 0 Å². The maximum Gasteiger partial charge on any atom is 0.0569 e. The van der Waals surface area contributed by atoms with Crippen LogP contribution in [0.2, 0.25) is 0 Å². The van der Waals surface area contributed by atoms with Gasteiger partial charge in [-0.1, -0.05) is 13.8 Å². The van der Waals surface area contributed by atoms with Gasteiger partial charge in [0.15, 0.2) is 0 Å². The smallest absolute Gasteiger partial charge is 0.0569 e. The molecule has 0 aliphatic heterocycles. The first kappa shape index (κ1) is 7.32. The molecule has 0 bridgehead atoms. The van der Waals surface area contributed by atoms with Crippen molar-refractivity contribution in [3.63, 3.8) is 0 Å². The Balaban J connectivity index is 2.28. The Morgan fingerprint density at radius 1 is 1.60 bits per heavy atom. The third-order valence-electron chi connectivity index (χ3n) is 1.44. The molecule has 1 radical (unpaired) electrons. The maximum absolute atomic E-state index is 4.05. The quantitative estimate of drug-likeness (QED) is 0.620. The van der Waals surface area contributed by atoms with Gasteiger partial charge < -0.3 is 0 Å². The highest BCUT2D eigenvalue weighted by Crippen LogP contribution is 2.00. The lowest BCUT2D eigenvalue weighted by molar-refractivity contribution is 0.487. The molecule has 0 spiro atoms. The normalized spacial score (nSPS) is 10.7. The van der Waals surface area contributed by atoms with Crippen molar-refractivity contribution in [3.8, 4) is 0 Å². The largest absolute Gasteiger partial charge is 0.272 e. The molecule has 10 heavy (non-hydrogen) atoms. The van der Waals surface area contributed by atoms with Gasteiger partial charge in [-0.05, 0) is 12.3 Å². The highest BCUT2D eigenvalue weighted by atomic mass is 15.3. The summed E-state index contributed by atoms with van der Waals surface area (Å²) in [5.74, 6) is 0.754. The zero-order chi connectivity index (χ0) is 7.40. The zero-order valence-corrected chi connectivity index (χ0v) is 6.54. The van der Waals surface area contributed by atoms with Crippen molar-refractivity contribution < 1.29 is 0 Å². The highest BCUT2D eigenvalue weighted by Gasteiger charge is 1.93. The average molecular weight is 137 g/mol. The van der Waals surface area contributed by atoms with Gasteiger partial charge in [0.05, 0.1) is 6.20 Å². The summed E-state index contributed by atoms with van der Waals surface area (Å²) in [6.07, 6.45) is 4.76. The second-order valence-electron chi connectivity index (χ2n) is 2.89. The van der Waals surface area contributed by atoms with Crippen LogP contribution in [0.1, 0.15) is 20.3 Å². The predicted molar refractivity (Wildman–Crippen MR) is 40.5 cm³/mol. The van der Waals surface area contributed by atoms with Crippen LogP contribution in [0.5, 0.6) is 0 Å². The fourth-order valence-corrected chi connectivity index (χ4v) is 0.773. The van der Waals surface area contributed by atoms with Crippen LogP contribution in [-0.4, -0.2) is 9.78 Å². The minimum atomic E-state index is 0.754. The molecular formula is C8H13N2. The molecular weight excluding hydrogens is 124 g/mol. The number of hydrogen-bond donors (Lipinski definition) is 0. The number of rotatable bonds is 3. The molecule has 0 aliphatic carbocycles. The maximum atomic E-state index is 4.05. The third-order valence-corrected chi connectivity index (χ3v) is 1.44. The van der Waals surface area contributed by atoms with E-state index in [1.807, 2.05) is 10.9 Å². The SMILES string of the molecule is CC(C)CCn1c[c]cn1. The van der Waals surface area contributed by atoms with Crippen molar-refractivity contribution in [2.75, 3.05) is 0 Å². The molecule has 1 heterocycles. The molecule has 0 unspecified atom stereocenters. The summed E-state index contributed by atoms with van der Waals surface area (Å²) in [6.45, 7) is 5.45. The van der Waals surface area contributed by atoms with Gasteiger partial charge in [0, 0.05) is 18.8 Å². The Hall–Kier alpha value is -0.790. The van der Waals surface area contributed by atoms with E-state index < -0.39 is 0 Å². The van der Waals surface area contributed by atoms with E-state index in [0.717, 1.165) is 12.5 Å². The summed E-state index contributed by atoms with van der Waals surface area (Å²) in [5, 5.41) is 4.05. The monoisotopic (exact) mass is 137 g/mol. The third kappa shape index (κ3) is 2.21. The Labute approximate surface area is 61.9 Å². The van der Waals surface area contributed by atoms with Crippen LogP contribution < -0.4 is 0 Å². The molecule has 0 aliphatic rings. The molecule has 1 aromatic rings. The van der Waals surface area contributed by atoms with E-state index in [-0.39, 0.29) is 0 Å². The van der Waals surface area contributed by atoms with Gasteiger partial charge in [-0.15, -0.1) is 0 Å². The van der Waals surface area contributed by atoms with Gasteiger partial charge in [-0.25, -0.2) is 0 Å². The van der Waals surface area contributed by atoms with E-state index in [4.69, 9.17) is 0 Å². The Kier molecular flexibility index (Phi) is 2.49. The van der Waals surface area contributed by atoms with E-state index in [1.54, 1.807) is 6.20 Å². The fourth-order valence-electron chi connectivity index (χ4n) is 0.773. The van der Waals surface area contributed by atoms with Crippen molar-refractivity contribution in [2.24, 2.45) is 5.92 Å². The van der Waals surface area contributed by atoms with Crippen LogP contribution in [0.25, 0.3) is 0 Å². The lowest BCUT2D eigenvalue weighted by atomic mass is 10.1. The van der Waals surface area contributed by atoms with Crippen molar-refractivity contribution in [1.29, 1.82) is 0 Å². The van der Waals surface area contributed by atoms with Crippen LogP contribution in [0.4, 0.5) is 0 Å². The number of aromatic nitrogens is 2. The molecule has 0 saturated carbocycles. The molecule has 0 fully saturated rings. The van der Waals surface area contributed by atoms with Crippen LogP contribution in [-0.2, 0) is 6.54 Å². The standard InChI is InChI=1S/C8H13N2/c1-8(2)4-7-10-6-3-5-9-10/h5-6,8H,4,7H2,1-2H3. The lowest BCUT2D eigenvalue weighted by Crippen LogP contribution is -2.01. The van der Waals surface area contributed by atoms with Crippen LogP contribution in [0.15, 0.2) is 12.4 Å². The summed E-state index contributed by atoms with van der Waals surface area (Å²) in [4.78, 5) is 0. The first-order valence-corrected chi connectivity index (χ1v) is 3.67. The number of nitrogens with zero attached hydrogens (tertiary/aromatic N) is 2. The summed E-state index contributed by atoms with van der Waals surface area (Å²) >= 11 is 0. The van der Waals surface area contributed by atoms with E-state index in [1.165, 1.54) is 6.42 Å². The molecule has 55 valence electrons. The van der Waals surface area contributed by atoms with Crippen LogP contribution >= 0.6 is 0 Å². The van der Waals surface area contributed by atoms with Gasteiger partial charge >= 0.3 is 0 Å². The fraction of sp³-hybridized carbons (Fsp3) is 0.625. The van der Waals surface area contributed by atoms with Gasteiger partial charge in [-0.3, -0.25) is 4.68 Å². The minimum Gasteiger partial charge on any atom is -0.272 e. The highest BCUT2D eigenvalue weighted by molar-refractivity contribution is 4.74. The minimum absolute atomic E-state index is 0.754. The summed E-state index contributed by atoms with van der Waals surface area (Å²) < 4.78 is 1.92. The molecule has 0 aromatic carbocycles. The van der Waals surface area contributed by atoms with E-state index >= 15 is 0 Å². The van der Waals surface area contributed by atoms with Crippen molar-refractivity contribution >= 4 is 0 Å². The van der Waals surface area contributed by atoms with Gasteiger partial charge in [0.25, 0.3) is 0 Å². The Morgan fingerprint density at radius 3 is 2.90 bits per heavy atom. The van der Waals surface area contributed by atoms with Gasteiger partial charge in [-0.2, -0.15) is 5.10 Å². The molecule has 1 aromatic heterocycles. The van der Waals surface area contributed by atoms with Gasteiger partial charge in [0.1, 0.15) is 0 Å². The summed E-state index contributed by atoms with van der Waals surface area (Å²) in [5.41, 5.74) is 0. The molecule has 2 nitrogen and oxygen atoms in total. The topological polar surface area (TPSA) is 17.8 Å². The molecule has 0 amide bonds. The Bertz CT molecular complexity index is 165. The summed E-state index contributed by atoms with van der Waals surface area (Å²) in [7, 11) is 0. The summed E-state index contributed by atoms with van der Waals surface area (Å²) in [6, 6.07) is 2.91. The zero-order valence-electron chi connectivity index (χ0n) is 6.54. The number of aryl methyl sites for hydroxylation is 1. The Morgan fingerprint density at radius 2 is 2.40 bits per heavy atom. The van der Waals surface area contributed by atoms with Crippen molar-refractivity contribution in [3.05, 3.63) is 18.5 Å². The van der Waals surface area contributed by atoms with Crippen LogP contribution in [0.3, 0.4) is 0 Å². The molecule has 0 saturated heterocycles. The molecule has 1 rings (SSSR count). The average Bonchev–Trinajstić information content (AvgIpc) is 2.34. The van der Waals surface area contributed by atoms with Crippen LogP contribution in [0, 0.1) is 12.0 Å². The van der Waals surface area contributed by atoms with E-state index in [9.17, 15) is 0 Å². The molecule has 0 atom stereocenters. The van der Waals surface area contributed by atoms with Crippen molar-refractivity contribution in [2.45, 2.75) is 26.8 Å². The second kappa shape index (κ2) is 3.40. The van der Waals surface area contributed by atoms with Crippen molar-refractivity contribution in [1.82, 2.24) is 9.78 Å². The molecule has 2 heteroatoms. The first-order valence-electron chi connectivity index (χ1n) is 3.67. The molecule has 0 N–H and O–H groups in total. The predicted octanol–water partition coefficient (Wildman–Crippen LogP) is 1.73.